The number of carbonyl (C=O) groups is 1. The molecule has 8 nitrogen and oxygen atoms in total. The molecule has 0 spiro atoms. The quantitative estimate of drug-likeness (QED) is 0.640. The van der Waals surface area contributed by atoms with Gasteiger partial charge in [-0.1, -0.05) is 17.4 Å². The molecule has 0 unspecified atom stereocenters. The summed E-state index contributed by atoms with van der Waals surface area (Å²) in [6.45, 7) is 1.65. The molecule has 0 fully saturated rings. The highest BCUT2D eigenvalue weighted by molar-refractivity contribution is 7.16. The molecule has 0 aliphatic rings. The SMILES string of the molecule is COc1cccc(C(=O)OCc2nn3c(=O)cc(C)nc3s2)c1OC. The monoisotopic (exact) mass is 361 g/mol. The molecule has 1 aromatic carbocycles. The van der Waals surface area contributed by atoms with E-state index in [1.807, 2.05) is 0 Å². The molecule has 130 valence electrons. The molecule has 0 N–H and O–H groups in total. The average Bonchev–Trinajstić information content (AvgIpc) is 3.02. The van der Waals surface area contributed by atoms with Crippen LogP contribution in [0.1, 0.15) is 21.1 Å². The normalized spacial score (nSPS) is 10.7. The summed E-state index contributed by atoms with van der Waals surface area (Å²) in [4.78, 5) is 28.9. The van der Waals surface area contributed by atoms with Crippen molar-refractivity contribution in [3.63, 3.8) is 0 Å². The number of rotatable bonds is 5. The maximum absolute atomic E-state index is 12.3. The van der Waals surface area contributed by atoms with Crippen molar-refractivity contribution in [1.82, 2.24) is 14.6 Å². The van der Waals surface area contributed by atoms with Crippen molar-refractivity contribution in [2.24, 2.45) is 0 Å². The van der Waals surface area contributed by atoms with Crippen LogP contribution in [0.5, 0.6) is 11.5 Å². The van der Waals surface area contributed by atoms with Crippen LogP contribution in [0.2, 0.25) is 0 Å². The Morgan fingerprint density at radius 1 is 1.28 bits per heavy atom. The van der Waals surface area contributed by atoms with Crippen molar-refractivity contribution >= 4 is 22.3 Å². The molecule has 2 heterocycles. The fourth-order valence-corrected chi connectivity index (χ4v) is 3.13. The number of benzene rings is 1. The Morgan fingerprint density at radius 2 is 2.08 bits per heavy atom. The molecular formula is C16H15N3O5S. The van der Waals surface area contributed by atoms with Crippen LogP contribution in [0.25, 0.3) is 4.96 Å². The minimum Gasteiger partial charge on any atom is -0.493 e. The number of aryl methyl sites for hydroxylation is 1. The van der Waals surface area contributed by atoms with Gasteiger partial charge in [-0.15, -0.1) is 0 Å². The van der Waals surface area contributed by atoms with Gasteiger partial charge < -0.3 is 14.2 Å². The zero-order valence-corrected chi connectivity index (χ0v) is 14.6. The van der Waals surface area contributed by atoms with E-state index in [2.05, 4.69) is 10.1 Å². The van der Waals surface area contributed by atoms with E-state index < -0.39 is 5.97 Å². The third-order valence-corrected chi connectivity index (χ3v) is 4.25. The summed E-state index contributed by atoms with van der Waals surface area (Å²) in [6, 6.07) is 6.33. The third-order valence-electron chi connectivity index (χ3n) is 3.36. The first-order valence-electron chi connectivity index (χ1n) is 7.28. The van der Waals surface area contributed by atoms with Crippen molar-refractivity contribution in [3.8, 4) is 11.5 Å². The molecule has 25 heavy (non-hydrogen) atoms. The van der Waals surface area contributed by atoms with Gasteiger partial charge in [0.1, 0.15) is 12.2 Å². The van der Waals surface area contributed by atoms with Gasteiger partial charge in [-0.2, -0.15) is 9.61 Å². The number of aromatic nitrogens is 3. The highest BCUT2D eigenvalue weighted by Gasteiger charge is 2.18. The van der Waals surface area contributed by atoms with E-state index >= 15 is 0 Å². The van der Waals surface area contributed by atoms with Crippen LogP contribution in [0, 0.1) is 6.92 Å². The van der Waals surface area contributed by atoms with Gasteiger partial charge in [-0.05, 0) is 19.1 Å². The zero-order chi connectivity index (χ0) is 18.0. The molecule has 0 radical (unpaired) electrons. The molecule has 0 aliphatic carbocycles. The first-order chi connectivity index (χ1) is 12.0. The highest BCUT2D eigenvalue weighted by atomic mass is 32.1. The minimum absolute atomic E-state index is 0.0777. The van der Waals surface area contributed by atoms with Gasteiger partial charge in [0.2, 0.25) is 4.96 Å². The maximum Gasteiger partial charge on any atom is 0.342 e. The van der Waals surface area contributed by atoms with E-state index in [4.69, 9.17) is 14.2 Å². The number of para-hydroxylation sites is 1. The topological polar surface area (TPSA) is 92.0 Å². The maximum atomic E-state index is 12.3. The van der Waals surface area contributed by atoms with Gasteiger partial charge in [-0.25, -0.2) is 9.78 Å². The summed E-state index contributed by atoms with van der Waals surface area (Å²) in [5.74, 6) is 0.155. The van der Waals surface area contributed by atoms with Crippen LogP contribution in [0.15, 0.2) is 29.1 Å². The van der Waals surface area contributed by atoms with E-state index in [1.54, 1.807) is 25.1 Å². The predicted octanol–water partition coefficient (Wildman–Crippen LogP) is 1.83. The van der Waals surface area contributed by atoms with Crippen LogP contribution in [-0.4, -0.2) is 34.8 Å². The van der Waals surface area contributed by atoms with E-state index in [-0.39, 0.29) is 17.7 Å². The number of methoxy groups -OCH3 is 2. The average molecular weight is 361 g/mol. The fourth-order valence-electron chi connectivity index (χ4n) is 2.27. The third kappa shape index (κ3) is 3.31. The number of carbonyl (C=O) groups excluding carboxylic acids is 1. The van der Waals surface area contributed by atoms with Gasteiger partial charge in [-0.3, -0.25) is 4.79 Å². The second kappa shape index (κ2) is 6.89. The minimum atomic E-state index is -0.577. The first kappa shape index (κ1) is 16.9. The second-order valence-electron chi connectivity index (χ2n) is 5.04. The molecule has 3 rings (SSSR count). The molecule has 3 aromatic rings. The van der Waals surface area contributed by atoms with Crippen molar-refractivity contribution in [2.45, 2.75) is 13.5 Å². The molecular weight excluding hydrogens is 346 g/mol. The van der Waals surface area contributed by atoms with Crippen molar-refractivity contribution in [1.29, 1.82) is 0 Å². The first-order valence-corrected chi connectivity index (χ1v) is 8.09. The number of ether oxygens (including phenoxy) is 3. The molecule has 0 saturated heterocycles. The van der Waals surface area contributed by atoms with Gasteiger partial charge >= 0.3 is 5.97 Å². The van der Waals surface area contributed by atoms with E-state index in [0.29, 0.717) is 27.2 Å². The van der Waals surface area contributed by atoms with Crippen molar-refractivity contribution < 1.29 is 19.0 Å². The largest absolute Gasteiger partial charge is 0.493 e. The Balaban J connectivity index is 1.81. The smallest absolute Gasteiger partial charge is 0.342 e. The zero-order valence-electron chi connectivity index (χ0n) is 13.8. The fraction of sp³-hybridized carbons (Fsp3) is 0.250. The summed E-state index contributed by atoms with van der Waals surface area (Å²) in [5, 5.41) is 4.59. The molecule has 0 bridgehead atoms. The molecule has 0 aliphatic heterocycles. The lowest BCUT2D eigenvalue weighted by molar-refractivity contribution is 0.0467. The van der Waals surface area contributed by atoms with Gasteiger partial charge in [0.15, 0.2) is 16.5 Å². The van der Waals surface area contributed by atoms with Crippen molar-refractivity contribution in [3.05, 3.63) is 50.9 Å². The van der Waals surface area contributed by atoms with Crippen molar-refractivity contribution in [2.75, 3.05) is 14.2 Å². The van der Waals surface area contributed by atoms with Gasteiger partial charge in [0, 0.05) is 11.8 Å². The lowest BCUT2D eigenvalue weighted by Gasteiger charge is -2.11. The standard InChI is InChI=1S/C16H15N3O5S/c1-9-7-13(20)19-16(17-9)25-12(18-19)8-24-15(21)10-5-4-6-11(22-2)14(10)23-3/h4-7H,8H2,1-3H3. The number of nitrogens with zero attached hydrogens (tertiary/aromatic N) is 3. The van der Waals surface area contributed by atoms with E-state index in [1.165, 1.54) is 36.1 Å². The summed E-state index contributed by atoms with van der Waals surface area (Å²) < 4.78 is 16.9. The number of fused-ring (bicyclic) bond motifs is 1. The molecule has 9 heteroatoms. The number of hydrogen-bond donors (Lipinski definition) is 0. The molecule has 0 saturated carbocycles. The summed E-state index contributed by atoms with van der Waals surface area (Å²) in [7, 11) is 2.93. The van der Waals surface area contributed by atoms with Crippen LogP contribution in [0.4, 0.5) is 0 Å². The Hall–Kier alpha value is -2.94. The van der Waals surface area contributed by atoms with Gasteiger partial charge in [0.25, 0.3) is 5.56 Å². The predicted molar refractivity (Wildman–Crippen MR) is 90.5 cm³/mol. The lowest BCUT2D eigenvalue weighted by Crippen LogP contribution is -2.14. The Morgan fingerprint density at radius 3 is 2.80 bits per heavy atom. The number of hydrogen-bond acceptors (Lipinski definition) is 8. The lowest BCUT2D eigenvalue weighted by atomic mass is 10.2. The summed E-state index contributed by atoms with van der Waals surface area (Å²) in [6.07, 6.45) is 0. The molecule has 0 amide bonds. The number of esters is 1. The Labute approximate surface area is 146 Å². The van der Waals surface area contributed by atoms with Gasteiger partial charge in [0.05, 0.1) is 14.2 Å². The van der Waals surface area contributed by atoms with Crippen LogP contribution >= 0.6 is 11.3 Å². The molecule has 0 atom stereocenters. The van der Waals surface area contributed by atoms with E-state index in [0.717, 1.165) is 0 Å². The second-order valence-corrected chi connectivity index (χ2v) is 6.08. The van der Waals surface area contributed by atoms with Crippen LogP contribution in [0.3, 0.4) is 0 Å². The Bertz CT molecular complexity index is 995. The van der Waals surface area contributed by atoms with Crippen LogP contribution < -0.4 is 15.0 Å². The summed E-state index contributed by atoms with van der Waals surface area (Å²) in [5.41, 5.74) is 0.582. The Kier molecular flexibility index (Phi) is 4.66. The highest BCUT2D eigenvalue weighted by Crippen LogP contribution is 2.31. The van der Waals surface area contributed by atoms with E-state index in [9.17, 15) is 9.59 Å². The molecule has 2 aromatic heterocycles. The van der Waals surface area contributed by atoms with Crippen LogP contribution in [-0.2, 0) is 11.3 Å². The summed E-state index contributed by atoms with van der Waals surface area (Å²) >= 11 is 1.19.